The van der Waals surface area contributed by atoms with Gasteiger partial charge in [0, 0.05) is 6.42 Å². The van der Waals surface area contributed by atoms with Crippen molar-refractivity contribution in [2.24, 2.45) is 0 Å². The van der Waals surface area contributed by atoms with Crippen LogP contribution in [0.15, 0.2) is 18.2 Å². The molecule has 0 N–H and O–H groups in total. The van der Waals surface area contributed by atoms with E-state index in [2.05, 4.69) is 0 Å². The first kappa shape index (κ1) is 13.3. The van der Waals surface area contributed by atoms with Crippen molar-refractivity contribution in [1.29, 1.82) is 0 Å². The Morgan fingerprint density at radius 2 is 1.83 bits per heavy atom. The van der Waals surface area contributed by atoms with Crippen LogP contribution in [-0.4, -0.2) is 19.4 Å². The number of rotatable bonds is 3. The highest BCUT2D eigenvalue weighted by atomic mass is 35.5. The summed E-state index contributed by atoms with van der Waals surface area (Å²) in [6.45, 7) is 0.913. The second kappa shape index (κ2) is 5.26. The Morgan fingerprint density at radius 1 is 1.17 bits per heavy atom. The summed E-state index contributed by atoms with van der Waals surface area (Å²) in [6, 6.07) is 4.98. The summed E-state index contributed by atoms with van der Waals surface area (Å²) in [4.78, 5) is 0. The molecule has 0 aromatic heterocycles. The molecule has 1 unspecified atom stereocenters. The van der Waals surface area contributed by atoms with Gasteiger partial charge in [0.05, 0.1) is 5.38 Å². The van der Waals surface area contributed by atoms with Crippen LogP contribution in [0, 0.1) is 0 Å². The fourth-order valence-electron chi connectivity index (χ4n) is 1.71. The molecule has 0 spiro atoms. The van der Waals surface area contributed by atoms with E-state index in [4.69, 9.17) is 21.1 Å². The van der Waals surface area contributed by atoms with Crippen LogP contribution in [0.5, 0.6) is 11.5 Å². The molecule has 0 saturated heterocycles. The monoisotopic (exact) mass is 280 g/mol. The number of fused-ring (bicyclic) bond motifs is 1. The fraction of sp³-hybridized carbons (Fsp3) is 0.500. The van der Waals surface area contributed by atoms with Crippen molar-refractivity contribution < 1.29 is 22.6 Å². The van der Waals surface area contributed by atoms with Crippen molar-refractivity contribution in [2.75, 3.05) is 13.2 Å². The molecule has 0 amide bonds. The molecule has 1 aliphatic rings. The third-order valence-corrected chi connectivity index (χ3v) is 3.08. The minimum atomic E-state index is -4.18. The molecule has 0 saturated carbocycles. The topological polar surface area (TPSA) is 18.5 Å². The summed E-state index contributed by atoms with van der Waals surface area (Å²) in [7, 11) is 0. The van der Waals surface area contributed by atoms with Gasteiger partial charge in [-0.25, -0.2) is 0 Å². The Balaban J connectivity index is 2.04. The predicted molar refractivity (Wildman–Crippen MR) is 61.3 cm³/mol. The summed E-state index contributed by atoms with van der Waals surface area (Å²) < 4.78 is 47.0. The molecule has 1 atom stereocenters. The largest absolute Gasteiger partial charge is 0.486 e. The number of ether oxygens (including phenoxy) is 2. The molecule has 0 fully saturated rings. The van der Waals surface area contributed by atoms with Gasteiger partial charge < -0.3 is 9.47 Å². The summed E-state index contributed by atoms with van der Waals surface area (Å²) in [6.07, 6.45) is -5.22. The highest BCUT2D eigenvalue weighted by molar-refractivity contribution is 6.20. The van der Waals surface area contributed by atoms with E-state index in [1.807, 2.05) is 0 Å². The standard InChI is InChI=1S/C12H12ClF3O2/c13-9(3-4-12(14,15)16)8-1-2-10-11(7-8)18-6-5-17-10/h1-2,7,9H,3-6H2. The van der Waals surface area contributed by atoms with E-state index >= 15 is 0 Å². The molecule has 1 aliphatic heterocycles. The fourth-order valence-corrected chi connectivity index (χ4v) is 1.96. The number of alkyl halides is 4. The smallest absolute Gasteiger partial charge is 0.389 e. The maximum Gasteiger partial charge on any atom is 0.389 e. The minimum Gasteiger partial charge on any atom is -0.486 e. The van der Waals surface area contributed by atoms with E-state index in [0.717, 1.165) is 0 Å². The zero-order chi connectivity index (χ0) is 13.2. The molecule has 0 radical (unpaired) electrons. The Morgan fingerprint density at radius 3 is 2.50 bits per heavy atom. The van der Waals surface area contributed by atoms with E-state index < -0.39 is 18.0 Å². The van der Waals surface area contributed by atoms with Crippen LogP contribution < -0.4 is 9.47 Å². The van der Waals surface area contributed by atoms with Gasteiger partial charge in [-0.15, -0.1) is 11.6 Å². The van der Waals surface area contributed by atoms with Crippen molar-refractivity contribution in [1.82, 2.24) is 0 Å². The Bertz CT molecular complexity index is 420. The van der Waals surface area contributed by atoms with Crippen LogP contribution >= 0.6 is 11.6 Å². The molecule has 100 valence electrons. The number of hydrogen-bond acceptors (Lipinski definition) is 2. The van der Waals surface area contributed by atoms with Crippen LogP contribution in [0.3, 0.4) is 0 Å². The maximum absolute atomic E-state index is 12.1. The third-order valence-electron chi connectivity index (χ3n) is 2.61. The Labute approximate surface area is 108 Å². The normalized spacial score (nSPS) is 16.4. The van der Waals surface area contributed by atoms with Crippen molar-refractivity contribution in [2.45, 2.75) is 24.4 Å². The summed E-state index contributed by atoms with van der Waals surface area (Å²) in [5.74, 6) is 1.14. The van der Waals surface area contributed by atoms with Gasteiger partial charge >= 0.3 is 6.18 Å². The van der Waals surface area contributed by atoms with E-state index in [0.29, 0.717) is 30.3 Å². The van der Waals surface area contributed by atoms with Crippen molar-refractivity contribution >= 4 is 11.6 Å². The van der Waals surface area contributed by atoms with Crippen LogP contribution in [0.1, 0.15) is 23.8 Å². The lowest BCUT2D eigenvalue weighted by Crippen LogP contribution is -2.15. The zero-order valence-corrected chi connectivity index (χ0v) is 10.2. The molecule has 1 heterocycles. The van der Waals surface area contributed by atoms with Gasteiger partial charge in [0.25, 0.3) is 0 Å². The second-order valence-electron chi connectivity index (χ2n) is 4.02. The summed E-state index contributed by atoms with van der Waals surface area (Å²) in [5, 5.41) is -0.678. The number of hydrogen-bond donors (Lipinski definition) is 0. The third kappa shape index (κ3) is 3.45. The quantitative estimate of drug-likeness (QED) is 0.777. The van der Waals surface area contributed by atoms with Crippen LogP contribution in [0.4, 0.5) is 13.2 Å². The lowest BCUT2D eigenvalue weighted by Gasteiger charge is -2.20. The Kier molecular flexibility index (Phi) is 3.90. The SMILES string of the molecule is FC(F)(F)CCC(Cl)c1ccc2c(c1)OCCO2. The molecule has 0 bridgehead atoms. The van der Waals surface area contributed by atoms with Gasteiger partial charge in [-0.3, -0.25) is 0 Å². The predicted octanol–water partition coefficient (Wildman–Crippen LogP) is 4.08. The molecular weight excluding hydrogens is 269 g/mol. The highest BCUT2D eigenvalue weighted by Crippen LogP contribution is 2.37. The number of benzene rings is 1. The first-order valence-electron chi connectivity index (χ1n) is 5.56. The lowest BCUT2D eigenvalue weighted by atomic mass is 10.1. The molecule has 2 rings (SSSR count). The van der Waals surface area contributed by atoms with E-state index in [1.165, 1.54) is 0 Å². The molecule has 6 heteroatoms. The molecule has 18 heavy (non-hydrogen) atoms. The first-order valence-corrected chi connectivity index (χ1v) is 6.00. The van der Waals surface area contributed by atoms with Gasteiger partial charge in [-0.1, -0.05) is 6.07 Å². The number of halogens is 4. The summed E-state index contributed by atoms with van der Waals surface area (Å²) in [5.41, 5.74) is 0.616. The Hall–Kier alpha value is -1.10. The first-order chi connectivity index (χ1) is 8.46. The molecule has 0 aliphatic carbocycles. The van der Waals surface area contributed by atoms with E-state index in [9.17, 15) is 13.2 Å². The van der Waals surface area contributed by atoms with Crippen LogP contribution in [0.25, 0.3) is 0 Å². The molecular formula is C12H12ClF3O2. The molecule has 1 aromatic rings. The van der Waals surface area contributed by atoms with Crippen LogP contribution in [0.2, 0.25) is 0 Å². The summed E-state index contributed by atoms with van der Waals surface area (Å²) >= 11 is 5.96. The zero-order valence-electron chi connectivity index (χ0n) is 9.47. The van der Waals surface area contributed by atoms with Crippen molar-refractivity contribution in [3.63, 3.8) is 0 Å². The van der Waals surface area contributed by atoms with Gasteiger partial charge in [-0.2, -0.15) is 13.2 Å². The molecule has 1 aromatic carbocycles. The highest BCUT2D eigenvalue weighted by Gasteiger charge is 2.28. The van der Waals surface area contributed by atoms with Crippen LogP contribution in [-0.2, 0) is 0 Å². The van der Waals surface area contributed by atoms with Crippen molar-refractivity contribution in [3.8, 4) is 11.5 Å². The minimum absolute atomic E-state index is 0.148. The van der Waals surface area contributed by atoms with E-state index in [1.54, 1.807) is 18.2 Å². The molecule has 2 nitrogen and oxygen atoms in total. The van der Waals surface area contributed by atoms with E-state index in [-0.39, 0.29) is 6.42 Å². The second-order valence-corrected chi connectivity index (χ2v) is 4.55. The lowest BCUT2D eigenvalue weighted by molar-refractivity contribution is -0.135. The van der Waals surface area contributed by atoms with Gasteiger partial charge in [0.2, 0.25) is 0 Å². The average Bonchev–Trinajstić information content (AvgIpc) is 2.34. The maximum atomic E-state index is 12.1. The van der Waals surface area contributed by atoms with Gasteiger partial charge in [0.15, 0.2) is 11.5 Å². The van der Waals surface area contributed by atoms with Gasteiger partial charge in [-0.05, 0) is 24.1 Å². The average molecular weight is 281 g/mol. The van der Waals surface area contributed by atoms with Crippen molar-refractivity contribution in [3.05, 3.63) is 23.8 Å². The van der Waals surface area contributed by atoms with Gasteiger partial charge in [0.1, 0.15) is 13.2 Å².